The first kappa shape index (κ1) is 65.2. The van der Waals surface area contributed by atoms with Crippen molar-refractivity contribution in [2.45, 2.75) is 310 Å². The van der Waals surface area contributed by atoms with E-state index in [1.54, 1.807) is 0 Å². The summed E-state index contributed by atoms with van der Waals surface area (Å²) in [5.74, 6) is 4.83. The lowest BCUT2D eigenvalue weighted by molar-refractivity contribution is 0.156. The highest BCUT2D eigenvalue weighted by molar-refractivity contribution is 5.50. The molecule has 0 aliphatic carbocycles. The van der Waals surface area contributed by atoms with Crippen molar-refractivity contribution in [2.24, 2.45) is 0 Å². The number of hydrogen-bond acceptors (Lipinski definition) is 17. The molecule has 17 heteroatoms. The van der Waals surface area contributed by atoms with Crippen LogP contribution in [0.5, 0.6) is 0 Å². The van der Waals surface area contributed by atoms with Crippen LogP contribution >= 0.6 is 0 Å². The lowest BCUT2D eigenvalue weighted by Crippen LogP contribution is -2.63. The van der Waals surface area contributed by atoms with Crippen molar-refractivity contribution in [3.05, 3.63) is 0 Å². The minimum atomic E-state index is -0.0150. The molecule has 81 heavy (non-hydrogen) atoms. The Labute approximate surface area is 494 Å². The van der Waals surface area contributed by atoms with Gasteiger partial charge in [-0.05, 0) is 188 Å². The van der Waals surface area contributed by atoms with Crippen molar-refractivity contribution in [3.8, 4) is 0 Å². The zero-order valence-corrected chi connectivity index (χ0v) is 55.6. The van der Waals surface area contributed by atoms with Gasteiger partial charge < -0.3 is 51.1 Å². The molecule has 0 amide bonds. The number of aromatic nitrogens is 6. The fourth-order valence-corrected chi connectivity index (χ4v) is 16.0. The quantitative estimate of drug-likeness (QED) is 0.0639. The lowest BCUT2D eigenvalue weighted by atomic mass is 9.79. The van der Waals surface area contributed by atoms with Crippen molar-refractivity contribution in [2.75, 3.05) is 95.3 Å². The molecule has 0 atom stereocenters. The second-order valence-electron chi connectivity index (χ2n) is 31.3. The van der Waals surface area contributed by atoms with Crippen LogP contribution in [-0.2, 0) is 0 Å². The van der Waals surface area contributed by atoms with Crippen LogP contribution in [0.15, 0.2) is 0 Å². The van der Waals surface area contributed by atoms with E-state index < -0.39 is 0 Å². The van der Waals surface area contributed by atoms with E-state index in [1.165, 1.54) is 0 Å². The van der Waals surface area contributed by atoms with Crippen molar-refractivity contribution in [1.29, 1.82) is 0 Å². The Morgan fingerprint density at radius 3 is 0.901 bits per heavy atom. The second-order valence-corrected chi connectivity index (χ2v) is 31.3. The molecule has 0 saturated carbocycles. The Morgan fingerprint density at radius 2 is 0.642 bits per heavy atom. The van der Waals surface area contributed by atoms with Gasteiger partial charge in [0.15, 0.2) is 0 Å². The van der Waals surface area contributed by atoms with Gasteiger partial charge in [-0.1, -0.05) is 53.4 Å². The summed E-state index contributed by atoms with van der Waals surface area (Å²) in [6.45, 7) is 55.8. The smallest absolute Gasteiger partial charge is 0.232 e. The summed E-state index contributed by atoms with van der Waals surface area (Å²) in [6.07, 6.45) is 17.0. The van der Waals surface area contributed by atoms with Crippen LogP contribution in [0, 0.1) is 0 Å². The van der Waals surface area contributed by atoms with Crippen molar-refractivity contribution < 1.29 is 0 Å². The van der Waals surface area contributed by atoms with Gasteiger partial charge in [0, 0.05) is 134 Å². The molecule has 0 bridgehead atoms. The number of piperazine rings is 1. The molecule has 0 unspecified atom stereocenters. The SMILES string of the molecule is CCCCN(c1nc(NCCN2CCN(c3nc(N(CCCC)C4CC(C)(C)NC(C)(C)C4)nc(N(CCCC)C4CC(C)(C)NC(C)(C)C4)n3)CC2)nc(N(CCCC)C2CC(C)(C)NC(C)(C)C2)n1)C1CC(C)(C)NC(C)(C)C1. The van der Waals surface area contributed by atoms with Gasteiger partial charge in [0.2, 0.25) is 35.7 Å². The largest absolute Gasteiger partial charge is 0.353 e. The molecule has 2 aromatic rings. The van der Waals surface area contributed by atoms with Crippen molar-refractivity contribution >= 4 is 35.7 Å². The Balaban J connectivity index is 1.18. The zero-order valence-electron chi connectivity index (χ0n) is 55.6. The Morgan fingerprint density at radius 1 is 0.383 bits per heavy atom. The topological polar surface area (TPSA) is 157 Å². The van der Waals surface area contributed by atoms with E-state index in [4.69, 9.17) is 29.9 Å². The van der Waals surface area contributed by atoms with Gasteiger partial charge in [-0.25, -0.2) is 0 Å². The van der Waals surface area contributed by atoms with E-state index in [0.29, 0.717) is 30.1 Å². The number of anilines is 6. The first-order chi connectivity index (χ1) is 37.7. The summed E-state index contributed by atoms with van der Waals surface area (Å²) in [6, 6.07) is 1.20. The van der Waals surface area contributed by atoms with E-state index in [-0.39, 0.29) is 44.3 Å². The number of nitrogens with one attached hydrogen (secondary N) is 5. The van der Waals surface area contributed by atoms with Gasteiger partial charge >= 0.3 is 0 Å². The molecule has 2 aromatic heterocycles. The molecule has 5 aliphatic heterocycles. The minimum absolute atomic E-state index is 0.0121. The van der Waals surface area contributed by atoms with Gasteiger partial charge in [-0.15, -0.1) is 0 Å². The summed E-state index contributed by atoms with van der Waals surface area (Å²) in [5.41, 5.74) is -0.109. The molecule has 0 radical (unpaired) electrons. The van der Waals surface area contributed by atoms with E-state index in [9.17, 15) is 0 Å². The molecular formula is C64H121N17. The summed E-state index contributed by atoms with van der Waals surface area (Å²) in [5, 5.41) is 19.6. The molecule has 0 spiro atoms. The average Bonchev–Trinajstić information content (AvgIpc) is 3.49. The highest BCUT2D eigenvalue weighted by atomic mass is 15.4. The molecule has 7 rings (SSSR count). The molecule has 7 heterocycles. The van der Waals surface area contributed by atoms with Gasteiger partial charge in [-0.2, -0.15) is 29.9 Å². The highest BCUT2D eigenvalue weighted by Gasteiger charge is 2.46. The van der Waals surface area contributed by atoms with E-state index in [1.807, 2.05) is 0 Å². The summed E-state index contributed by atoms with van der Waals surface area (Å²) in [4.78, 5) is 48.4. The third-order valence-electron chi connectivity index (χ3n) is 18.1. The van der Waals surface area contributed by atoms with Crippen LogP contribution < -0.4 is 51.1 Å². The summed E-state index contributed by atoms with van der Waals surface area (Å²) in [7, 11) is 0. The maximum Gasteiger partial charge on any atom is 0.232 e. The Hall–Kier alpha value is -3.38. The van der Waals surface area contributed by atoms with Crippen LogP contribution in [0.3, 0.4) is 0 Å². The van der Waals surface area contributed by atoms with Gasteiger partial charge in [0.25, 0.3) is 0 Å². The first-order valence-corrected chi connectivity index (χ1v) is 32.7. The monoisotopic (exact) mass is 1130 g/mol. The summed E-state index contributed by atoms with van der Waals surface area (Å²) < 4.78 is 0. The summed E-state index contributed by atoms with van der Waals surface area (Å²) >= 11 is 0. The van der Waals surface area contributed by atoms with Crippen molar-refractivity contribution in [1.82, 2.24) is 56.1 Å². The second kappa shape index (κ2) is 26.1. The van der Waals surface area contributed by atoms with E-state index in [2.05, 4.69) is 194 Å². The number of hydrogen-bond donors (Lipinski definition) is 5. The van der Waals surface area contributed by atoms with Crippen LogP contribution in [0.2, 0.25) is 0 Å². The fourth-order valence-electron chi connectivity index (χ4n) is 16.0. The van der Waals surface area contributed by atoms with Gasteiger partial charge in [0.1, 0.15) is 0 Å². The van der Waals surface area contributed by atoms with E-state index in [0.717, 1.165) is 198 Å². The normalized spacial score (nSPS) is 23.7. The van der Waals surface area contributed by atoms with Crippen LogP contribution in [-0.4, -0.2) is 169 Å². The fraction of sp³-hybridized carbons (Fsp3) is 0.906. The molecule has 5 aliphatic rings. The third kappa shape index (κ3) is 18.3. The Kier molecular flexibility index (Phi) is 21.0. The maximum absolute atomic E-state index is 5.62. The van der Waals surface area contributed by atoms with Crippen LogP contribution in [0.4, 0.5) is 35.7 Å². The standard InChI is InChI=1S/C64H121N17/c1-21-25-30-78(47-39-57(5,6)72-58(7,8)40-47)53-66-51(67-54(70-53)79(31-26-22-2)48-41-59(9,10)73-60(11,12)42-48)65-29-34-76-35-37-77(38-36-76)52-68-55(80(32-27-23-3)49-43-61(13,14)74-62(15,16)44-49)71-56(69-52)81(33-28-24-4)50-45-63(17,18)75-64(19,20)46-50/h47-50,72-75H,21-46H2,1-20H3,(H,65,66,67,70). The average molecular weight is 1130 g/mol. The number of nitrogens with zero attached hydrogens (tertiary/aromatic N) is 12. The number of rotatable bonds is 25. The number of unbranched alkanes of at least 4 members (excludes halogenated alkanes) is 4. The van der Waals surface area contributed by atoms with Crippen molar-refractivity contribution in [3.63, 3.8) is 0 Å². The molecule has 5 N–H and O–H groups in total. The van der Waals surface area contributed by atoms with Gasteiger partial charge in [-0.3, -0.25) is 4.90 Å². The molecule has 462 valence electrons. The third-order valence-corrected chi connectivity index (χ3v) is 18.1. The first-order valence-electron chi connectivity index (χ1n) is 32.7. The van der Waals surface area contributed by atoms with E-state index >= 15 is 0 Å². The molecular weight excluding hydrogens is 1010 g/mol. The van der Waals surface area contributed by atoms with Crippen LogP contribution in [0.25, 0.3) is 0 Å². The maximum atomic E-state index is 5.62. The number of piperidine rings is 4. The molecule has 5 saturated heterocycles. The predicted molar refractivity (Wildman–Crippen MR) is 343 cm³/mol. The molecule has 0 aromatic carbocycles. The molecule has 17 nitrogen and oxygen atoms in total. The Bertz CT molecular complexity index is 2100. The minimum Gasteiger partial charge on any atom is -0.353 e. The molecule has 5 fully saturated rings. The predicted octanol–water partition coefficient (Wildman–Crippen LogP) is 11.0. The van der Waals surface area contributed by atoms with Gasteiger partial charge in [0.05, 0.1) is 0 Å². The lowest BCUT2D eigenvalue weighted by Gasteiger charge is -2.50. The highest BCUT2D eigenvalue weighted by Crippen LogP contribution is 2.39. The zero-order chi connectivity index (χ0) is 59.4. The van der Waals surface area contributed by atoms with Crippen LogP contribution in [0.1, 0.15) is 241 Å².